The van der Waals surface area contributed by atoms with Gasteiger partial charge in [-0.1, -0.05) is 11.6 Å². The third-order valence-electron chi connectivity index (χ3n) is 1.78. The molecule has 0 N–H and O–H groups in total. The van der Waals surface area contributed by atoms with E-state index in [1.165, 1.54) is 0 Å². The quantitative estimate of drug-likeness (QED) is 0.500. The smallest absolute Gasteiger partial charge is 0.224 e. The second-order valence-corrected chi connectivity index (χ2v) is 3.39. The Hall–Kier alpha value is -0.870. The van der Waals surface area contributed by atoms with Crippen molar-refractivity contribution in [1.82, 2.24) is 19.7 Å². The fraction of sp³-hybridized carbons (Fsp3) is 0.286. The zero-order valence-corrected chi connectivity index (χ0v) is 8.56. The summed E-state index contributed by atoms with van der Waals surface area (Å²) in [6.45, 7) is 1.85. The lowest BCUT2D eigenvalue weighted by atomic mass is 10.4. The highest BCUT2D eigenvalue weighted by Gasteiger charge is 2.12. The maximum absolute atomic E-state index is 5.88. The molecule has 6 heteroatoms. The third kappa shape index (κ3) is 1.26. The van der Waals surface area contributed by atoms with E-state index in [4.69, 9.17) is 23.2 Å². The first kappa shape index (κ1) is 8.72. The van der Waals surface area contributed by atoms with Gasteiger partial charge < -0.3 is 0 Å². The molecule has 2 heterocycles. The topological polar surface area (TPSA) is 43.6 Å². The number of aryl methyl sites for hydroxylation is 2. The van der Waals surface area contributed by atoms with Crippen molar-refractivity contribution in [2.45, 2.75) is 6.92 Å². The molecule has 0 radical (unpaired) electrons. The van der Waals surface area contributed by atoms with E-state index in [1.54, 1.807) is 11.7 Å². The number of rotatable bonds is 0. The Labute approximate surface area is 84.5 Å². The zero-order chi connectivity index (χ0) is 9.59. The molecular formula is C7H6Cl2N4. The van der Waals surface area contributed by atoms with Gasteiger partial charge in [-0.3, -0.25) is 4.68 Å². The van der Waals surface area contributed by atoms with Crippen molar-refractivity contribution in [2.75, 3.05) is 0 Å². The molecular weight excluding hydrogens is 211 g/mol. The second-order valence-electron chi connectivity index (χ2n) is 2.69. The van der Waals surface area contributed by atoms with Gasteiger partial charge in [0.05, 0.1) is 5.69 Å². The number of fused-ring (bicyclic) bond motifs is 1. The van der Waals surface area contributed by atoms with Crippen LogP contribution in [0.15, 0.2) is 0 Å². The molecule has 0 spiro atoms. The molecule has 0 aliphatic heterocycles. The van der Waals surface area contributed by atoms with Crippen molar-refractivity contribution in [1.29, 1.82) is 0 Å². The van der Waals surface area contributed by atoms with Crippen LogP contribution in [0.3, 0.4) is 0 Å². The fourth-order valence-electron chi connectivity index (χ4n) is 1.26. The lowest BCUT2D eigenvalue weighted by Crippen LogP contribution is -1.92. The number of halogens is 2. The molecule has 2 aromatic heterocycles. The van der Waals surface area contributed by atoms with E-state index in [2.05, 4.69) is 15.1 Å². The van der Waals surface area contributed by atoms with Crippen LogP contribution in [-0.4, -0.2) is 19.7 Å². The Balaban J connectivity index is 2.97. The van der Waals surface area contributed by atoms with Crippen LogP contribution >= 0.6 is 23.2 Å². The van der Waals surface area contributed by atoms with E-state index in [1.807, 2.05) is 6.92 Å². The summed E-state index contributed by atoms with van der Waals surface area (Å²) in [6, 6.07) is 0. The van der Waals surface area contributed by atoms with E-state index in [0.29, 0.717) is 16.2 Å². The third-order valence-corrected chi connectivity index (χ3v) is 2.21. The summed E-state index contributed by atoms with van der Waals surface area (Å²) in [4.78, 5) is 7.88. The number of aromatic nitrogens is 4. The summed E-state index contributed by atoms with van der Waals surface area (Å²) >= 11 is 11.5. The van der Waals surface area contributed by atoms with E-state index < -0.39 is 0 Å². The van der Waals surface area contributed by atoms with E-state index >= 15 is 0 Å². The maximum atomic E-state index is 5.88. The van der Waals surface area contributed by atoms with Gasteiger partial charge >= 0.3 is 0 Å². The summed E-state index contributed by atoms with van der Waals surface area (Å²) in [7, 11) is 1.79. The average Bonchev–Trinajstić information content (AvgIpc) is 2.27. The summed E-state index contributed by atoms with van der Waals surface area (Å²) in [6.07, 6.45) is 0. The molecule has 0 unspecified atom stereocenters. The molecule has 0 atom stereocenters. The van der Waals surface area contributed by atoms with Crippen molar-refractivity contribution in [3.63, 3.8) is 0 Å². The molecule has 4 nitrogen and oxygen atoms in total. The maximum Gasteiger partial charge on any atom is 0.224 e. The van der Waals surface area contributed by atoms with Crippen molar-refractivity contribution >= 4 is 34.2 Å². The minimum Gasteiger partial charge on any atom is -0.263 e. The Morgan fingerprint density at radius 1 is 1.23 bits per heavy atom. The molecule has 2 aromatic rings. The van der Waals surface area contributed by atoms with Crippen molar-refractivity contribution < 1.29 is 0 Å². The van der Waals surface area contributed by atoms with Crippen molar-refractivity contribution in [3.05, 3.63) is 16.1 Å². The molecule has 0 saturated carbocycles. The van der Waals surface area contributed by atoms with Crippen LogP contribution in [-0.2, 0) is 7.05 Å². The Morgan fingerprint density at radius 2 is 1.92 bits per heavy atom. The van der Waals surface area contributed by atoms with E-state index in [9.17, 15) is 0 Å². The Morgan fingerprint density at radius 3 is 2.62 bits per heavy atom. The second kappa shape index (κ2) is 2.82. The molecule has 0 saturated heterocycles. The standard InChI is InChI=1S/C7H6Cl2N4/c1-3-4-5(13(2)12-3)6(8)11-7(9)10-4/h1-2H3. The summed E-state index contributed by atoms with van der Waals surface area (Å²) < 4.78 is 1.64. The van der Waals surface area contributed by atoms with Gasteiger partial charge in [-0.15, -0.1) is 0 Å². The first-order chi connectivity index (χ1) is 6.09. The van der Waals surface area contributed by atoms with Gasteiger partial charge in [-0.25, -0.2) is 9.97 Å². The average molecular weight is 217 g/mol. The molecule has 0 bridgehead atoms. The molecule has 68 valence electrons. The Kier molecular flexibility index (Phi) is 1.89. The predicted octanol–water partition coefficient (Wildman–Crippen LogP) is 1.98. The van der Waals surface area contributed by atoms with Crippen LogP contribution < -0.4 is 0 Å². The molecule has 0 aromatic carbocycles. The lowest BCUT2D eigenvalue weighted by Gasteiger charge is -1.96. The number of nitrogens with zero attached hydrogens (tertiary/aromatic N) is 4. The molecule has 0 amide bonds. The summed E-state index contributed by atoms with van der Waals surface area (Å²) in [5, 5.41) is 4.64. The first-order valence-electron chi connectivity index (χ1n) is 3.62. The SMILES string of the molecule is Cc1nn(C)c2c(Cl)nc(Cl)nc12. The van der Waals surface area contributed by atoms with Gasteiger partial charge in [0.2, 0.25) is 5.28 Å². The lowest BCUT2D eigenvalue weighted by molar-refractivity contribution is 0.782. The van der Waals surface area contributed by atoms with Gasteiger partial charge in [0, 0.05) is 7.05 Å². The van der Waals surface area contributed by atoms with Gasteiger partial charge in [-0.2, -0.15) is 5.10 Å². The minimum atomic E-state index is 0.147. The van der Waals surface area contributed by atoms with Crippen molar-refractivity contribution in [2.24, 2.45) is 7.05 Å². The molecule has 0 aliphatic rings. The van der Waals surface area contributed by atoms with Crippen LogP contribution in [0, 0.1) is 6.92 Å². The fourth-order valence-corrected chi connectivity index (χ4v) is 1.77. The van der Waals surface area contributed by atoms with Gasteiger partial charge in [0.15, 0.2) is 5.15 Å². The van der Waals surface area contributed by atoms with Gasteiger partial charge in [-0.05, 0) is 18.5 Å². The normalized spacial score (nSPS) is 11.1. The molecule has 13 heavy (non-hydrogen) atoms. The molecule has 2 rings (SSSR count). The van der Waals surface area contributed by atoms with Crippen LogP contribution in [0.4, 0.5) is 0 Å². The predicted molar refractivity (Wildman–Crippen MR) is 51.1 cm³/mol. The van der Waals surface area contributed by atoms with Gasteiger partial charge in [0.1, 0.15) is 11.0 Å². The minimum absolute atomic E-state index is 0.147. The highest BCUT2D eigenvalue weighted by atomic mass is 35.5. The van der Waals surface area contributed by atoms with E-state index in [0.717, 1.165) is 5.69 Å². The molecule has 0 fully saturated rings. The summed E-state index contributed by atoms with van der Waals surface area (Å²) in [5.74, 6) is 0. The first-order valence-corrected chi connectivity index (χ1v) is 4.37. The highest BCUT2D eigenvalue weighted by molar-refractivity contribution is 6.35. The summed E-state index contributed by atoms with van der Waals surface area (Å²) in [5.41, 5.74) is 2.21. The number of hydrogen-bond acceptors (Lipinski definition) is 3. The van der Waals surface area contributed by atoms with Crippen molar-refractivity contribution in [3.8, 4) is 0 Å². The molecule has 0 aliphatic carbocycles. The van der Waals surface area contributed by atoms with Crippen LogP contribution in [0.25, 0.3) is 11.0 Å². The van der Waals surface area contributed by atoms with E-state index in [-0.39, 0.29) is 5.28 Å². The largest absolute Gasteiger partial charge is 0.263 e. The number of hydrogen-bond donors (Lipinski definition) is 0. The van der Waals surface area contributed by atoms with Gasteiger partial charge in [0.25, 0.3) is 0 Å². The zero-order valence-electron chi connectivity index (χ0n) is 7.04. The van der Waals surface area contributed by atoms with Crippen LogP contribution in [0.5, 0.6) is 0 Å². The Bertz CT molecular complexity index is 477. The highest BCUT2D eigenvalue weighted by Crippen LogP contribution is 2.23. The van der Waals surface area contributed by atoms with Crippen LogP contribution in [0.1, 0.15) is 5.69 Å². The monoisotopic (exact) mass is 216 g/mol. The van der Waals surface area contributed by atoms with Crippen LogP contribution in [0.2, 0.25) is 10.4 Å².